The lowest BCUT2D eigenvalue weighted by Crippen LogP contribution is -2.48. The Labute approximate surface area is 142 Å². The Hall–Kier alpha value is -2.57. The van der Waals surface area contributed by atoms with Crippen molar-refractivity contribution in [3.05, 3.63) is 24.3 Å². The van der Waals surface area contributed by atoms with Gasteiger partial charge >= 0.3 is 0 Å². The number of nitrogens with zero attached hydrogens (tertiary/aromatic N) is 2. The fraction of sp³-hybridized carbons (Fsp3) is 0.471. The number of nitrogens with one attached hydrogen (secondary N) is 2. The van der Waals surface area contributed by atoms with E-state index in [9.17, 15) is 14.4 Å². The lowest BCUT2D eigenvalue weighted by molar-refractivity contribution is -0.129. The monoisotopic (exact) mass is 332 g/mol. The average molecular weight is 332 g/mol. The SMILES string of the molecule is CC(=O)NCCC(=O)Nc1ccc(N2CCN(C(C)=O)CC2)cc1. The van der Waals surface area contributed by atoms with Crippen LogP contribution in [0, 0.1) is 0 Å². The summed E-state index contributed by atoms with van der Waals surface area (Å²) in [6.07, 6.45) is 0.244. The molecule has 1 aliphatic heterocycles. The Balaban J connectivity index is 1.81. The van der Waals surface area contributed by atoms with E-state index in [0.29, 0.717) is 6.54 Å². The smallest absolute Gasteiger partial charge is 0.226 e. The quantitative estimate of drug-likeness (QED) is 0.836. The highest BCUT2D eigenvalue weighted by atomic mass is 16.2. The predicted octanol–water partition coefficient (Wildman–Crippen LogP) is 0.820. The van der Waals surface area contributed by atoms with Gasteiger partial charge in [0, 0.05) is 64.4 Å². The summed E-state index contributed by atoms with van der Waals surface area (Å²) in [5.74, 6) is -0.157. The van der Waals surface area contributed by atoms with Gasteiger partial charge in [-0.3, -0.25) is 14.4 Å². The maximum atomic E-state index is 11.8. The Bertz CT molecular complexity index is 592. The maximum Gasteiger partial charge on any atom is 0.226 e. The number of rotatable bonds is 5. The minimum Gasteiger partial charge on any atom is -0.368 e. The highest BCUT2D eigenvalue weighted by Gasteiger charge is 2.18. The zero-order valence-corrected chi connectivity index (χ0v) is 14.2. The van der Waals surface area contributed by atoms with Crippen molar-refractivity contribution < 1.29 is 14.4 Å². The molecule has 3 amide bonds. The van der Waals surface area contributed by atoms with Crippen LogP contribution in [0.15, 0.2) is 24.3 Å². The van der Waals surface area contributed by atoms with Crippen LogP contribution in [0.4, 0.5) is 11.4 Å². The molecule has 0 unspecified atom stereocenters. The molecule has 1 heterocycles. The summed E-state index contributed by atoms with van der Waals surface area (Å²) in [5.41, 5.74) is 1.81. The summed E-state index contributed by atoms with van der Waals surface area (Å²) in [6, 6.07) is 7.66. The van der Waals surface area contributed by atoms with Gasteiger partial charge in [-0.1, -0.05) is 0 Å². The highest BCUT2D eigenvalue weighted by Crippen LogP contribution is 2.19. The first-order valence-corrected chi connectivity index (χ1v) is 8.10. The number of benzene rings is 1. The molecule has 7 heteroatoms. The number of amides is 3. The summed E-state index contributed by atoms with van der Waals surface area (Å²) in [7, 11) is 0. The summed E-state index contributed by atoms with van der Waals surface area (Å²) in [5, 5.41) is 5.40. The molecule has 7 nitrogen and oxygen atoms in total. The predicted molar refractivity (Wildman–Crippen MR) is 92.8 cm³/mol. The minimum absolute atomic E-state index is 0.118. The lowest BCUT2D eigenvalue weighted by Gasteiger charge is -2.35. The molecule has 2 N–H and O–H groups in total. The second kappa shape index (κ2) is 8.33. The third-order valence-corrected chi connectivity index (χ3v) is 3.97. The van der Waals surface area contributed by atoms with Crippen LogP contribution >= 0.6 is 0 Å². The molecule has 1 aliphatic rings. The lowest BCUT2D eigenvalue weighted by atomic mass is 10.2. The third-order valence-electron chi connectivity index (χ3n) is 3.97. The zero-order chi connectivity index (χ0) is 17.5. The first-order valence-electron chi connectivity index (χ1n) is 8.10. The summed E-state index contributed by atoms with van der Waals surface area (Å²) >= 11 is 0. The van der Waals surface area contributed by atoms with Crippen LogP contribution in [0.2, 0.25) is 0 Å². The van der Waals surface area contributed by atoms with Crippen molar-refractivity contribution in [1.29, 1.82) is 0 Å². The fourth-order valence-corrected chi connectivity index (χ4v) is 2.61. The van der Waals surface area contributed by atoms with Gasteiger partial charge in [-0.05, 0) is 24.3 Å². The third kappa shape index (κ3) is 5.26. The number of piperazine rings is 1. The molecule has 1 aromatic rings. The van der Waals surface area contributed by atoms with Crippen molar-refractivity contribution in [3.63, 3.8) is 0 Å². The van der Waals surface area contributed by atoms with Gasteiger partial charge in [0.25, 0.3) is 0 Å². The molecule has 130 valence electrons. The van der Waals surface area contributed by atoms with E-state index in [1.54, 1.807) is 6.92 Å². The molecule has 2 rings (SSSR count). The molecule has 0 bridgehead atoms. The average Bonchev–Trinajstić information content (AvgIpc) is 2.55. The van der Waals surface area contributed by atoms with E-state index in [1.807, 2.05) is 29.2 Å². The van der Waals surface area contributed by atoms with Crippen molar-refractivity contribution in [1.82, 2.24) is 10.2 Å². The van der Waals surface area contributed by atoms with Gasteiger partial charge in [0.1, 0.15) is 0 Å². The molecular weight excluding hydrogens is 308 g/mol. The van der Waals surface area contributed by atoms with Gasteiger partial charge in [0.15, 0.2) is 0 Å². The first kappa shape index (κ1) is 17.8. The Morgan fingerprint density at radius 1 is 1.00 bits per heavy atom. The second-order valence-electron chi connectivity index (χ2n) is 5.82. The van der Waals surface area contributed by atoms with Gasteiger partial charge in [-0.15, -0.1) is 0 Å². The molecule has 1 saturated heterocycles. The number of carbonyl (C=O) groups is 3. The standard InChI is InChI=1S/C17H24N4O3/c1-13(22)18-8-7-17(24)19-15-3-5-16(6-4-15)21-11-9-20(10-12-21)14(2)23/h3-6H,7-12H2,1-2H3,(H,18,22)(H,19,24). The van der Waals surface area contributed by atoms with Crippen molar-refractivity contribution in [2.75, 3.05) is 42.9 Å². The van der Waals surface area contributed by atoms with Gasteiger partial charge in [-0.25, -0.2) is 0 Å². The van der Waals surface area contributed by atoms with Crippen LogP contribution in [0.5, 0.6) is 0 Å². The summed E-state index contributed by atoms with van der Waals surface area (Å²) in [6.45, 7) is 6.43. The fourth-order valence-electron chi connectivity index (χ4n) is 2.61. The van der Waals surface area contributed by atoms with Crippen molar-refractivity contribution in [2.45, 2.75) is 20.3 Å². The van der Waals surface area contributed by atoms with Gasteiger partial charge in [0.2, 0.25) is 17.7 Å². The maximum absolute atomic E-state index is 11.8. The van der Waals surface area contributed by atoms with Crippen LogP contribution in [0.3, 0.4) is 0 Å². The van der Waals surface area contributed by atoms with Crippen LogP contribution in [0.1, 0.15) is 20.3 Å². The van der Waals surface area contributed by atoms with E-state index < -0.39 is 0 Å². The number of hydrogen-bond acceptors (Lipinski definition) is 4. The van der Waals surface area contributed by atoms with Gasteiger partial charge in [0.05, 0.1) is 0 Å². The highest BCUT2D eigenvalue weighted by molar-refractivity contribution is 5.91. The number of hydrogen-bond donors (Lipinski definition) is 2. The molecule has 24 heavy (non-hydrogen) atoms. The molecule has 1 aromatic carbocycles. The molecule has 0 radical (unpaired) electrons. The van der Waals surface area contributed by atoms with Crippen LogP contribution < -0.4 is 15.5 Å². The van der Waals surface area contributed by atoms with Gasteiger partial charge < -0.3 is 20.4 Å². The van der Waals surface area contributed by atoms with Crippen LogP contribution in [0.25, 0.3) is 0 Å². The molecule has 1 fully saturated rings. The van der Waals surface area contributed by atoms with Crippen molar-refractivity contribution in [2.24, 2.45) is 0 Å². The first-order chi connectivity index (χ1) is 11.5. The van der Waals surface area contributed by atoms with Crippen molar-refractivity contribution >= 4 is 29.1 Å². The van der Waals surface area contributed by atoms with E-state index in [0.717, 1.165) is 37.6 Å². The van der Waals surface area contributed by atoms with Crippen molar-refractivity contribution in [3.8, 4) is 0 Å². The molecule has 0 spiro atoms. The number of carbonyl (C=O) groups excluding carboxylic acids is 3. The minimum atomic E-state index is -0.142. The Kier molecular flexibility index (Phi) is 6.17. The van der Waals surface area contributed by atoms with E-state index in [2.05, 4.69) is 15.5 Å². The molecule has 0 atom stereocenters. The second-order valence-corrected chi connectivity index (χ2v) is 5.82. The van der Waals surface area contributed by atoms with Crippen LogP contribution in [-0.2, 0) is 14.4 Å². The molecule has 0 saturated carbocycles. The van der Waals surface area contributed by atoms with E-state index in [-0.39, 0.29) is 24.1 Å². The molecule has 0 aliphatic carbocycles. The Morgan fingerprint density at radius 3 is 2.17 bits per heavy atom. The van der Waals surface area contributed by atoms with E-state index in [4.69, 9.17) is 0 Å². The largest absolute Gasteiger partial charge is 0.368 e. The topological polar surface area (TPSA) is 81.8 Å². The Morgan fingerprint density at radius 2 is 1.62 bits per heavy atom. The van der Waals surface area contributed by atoms with E-state index in [1.165, 1.54) is 6.92 Å². The molecule has 0 aromatic heterocycles. The molecular formula is C17H24N4O3. The van der Waals surface area contributed by atoms with Gasteiger partial charge in [-0.2, -0.15) is 0 Å². The normalized spacial score (nSPS) is 14.2. The zero-order valence-electron chi connectivity index (χ0n) is 14.2. The summed E-state index contributed by atoms with van der Waals surface area (Å²) in [4.78, 5) is 37.9. The van der Waals surface area contributed by atoms with E-state index >= 15 is 0 Å². The summed E-state index contributed by atoms with van der Waals surface area (Å²) < 4.78 is 0. The van der Waals surface area contributed by atoms with Crippen LogP contribution in [-0.4, -0.2) is 55.3 Å². The number of anilines is 2.